The van der Waals surface area contributed by atoms with Gasteiger partial charge in [0.15, 0.2) is 0 Å². The summed E-state index contributed by atoms with van der Waals surface area (Å²) in [7, 11) is 1.61. The zero-order valence-corrected chi connectivity index (χ0v) is 11.7. The van der Waals surface area contributed by atoms with Crippen molar-refractivity contribution in [3.05, 3.63) is 34.3 Å². The molecule has 4 heteroatoms. The summed E-state index contributed by atoms with van der Waals surface area (Å²) in [5, 5.41) is 2.79. The molecule has 1 aromatic carbocycles. The van der Waals surface area contributed by atoms with E-state index in [1.807, 2.05) is 32.0 Å². The van der Waals surface area contributed by atoms with Crippen molar-refractivity contribution in [3.8, 4) is 5.75 Å². The van der Waals surface area contributed by atoms with Gasteiger partial charge in [-0.05, 0) is 38.1 Å². The summed E-state index contributed by atoms with van der Waals surface area (Å²) < 4.78 is 6.16. The number of benzene rings is 1. The molecular weight excluding hydrogens is 282 g/mol. The SMILES string of the molecule is COc1ccc(Br)cc1/C=C/C(=O)NC(C)C. The van der Waals surface area contributed by atoms with Crippen LogP contribution in [0.2, 0.25) is 0 Å². The van der Waals surface area contributed by atoms with Gasteiger partial charge in [0.2, 0.25) is 5.91 Å². The maximum atomic E-state index is 11.5. The Kier molecular flexibility index (Phi) is 5.22. The van der Waals surface area contributed by atoms with Gasteiger partial charge in [0.05, 0.1) is 7.11 Å². The first-order chi connectivity index (χ1) is 8.02. The lowest BCUT2D eigenvalue weighted by molar-refractivity contribution is -0.116. The third-order valence-electron chi connectivity index (χ3n) is 2.04. The number of halogens is 1. The highest BCUT2D eigenvalue weighted by Gasteiger charge is 2.02. The normalized spacial score (nSPS) is 10.9. The standard InChI is InChI=1S/C13H16BrNO2/c1-9(2)15-13(16)7-4-10-8-11(14)5-6-12(10)17-3/h4-9H,1-3H3,(H,15,16)/b7-4+. The first-order valence-electron chi connectivity index (χ1n) is 5.35. The molecule has 0 bridgehead atoms. The summed E-state index contributed by atoms with van der Waals surface area (Å²) in [5.74, 6) is 0.629. The van der Waals surface area contributed by atoms with E-state index in [0.717, 1.165) is 15.8 Å². The fourth-order valence-corrected chi connectivity index (χ4v) is 1.71. The second-order valence-electron chi connectivity index (χ2n) is 3.88. The molecule has 0 heterocycles. The monoisotopic (exact) mass is 297 g/mol. The van der Waals surface area contributed by atoms with Gasteiger partial charge in [0, 0.05) is 22.2 Å². The summed E-state index contributed by atoms with van der Waals surface area (Å²) in [6, 6.07) is 5.78. The summed E-state index contributed by atoms with van der Waals surface area (Å²) in [6.45, 7) is 3.84. The molecule has 0 atom stereocenters. The summed E-state index contributed by atoms with van der Waals surface area (Å²) >= 11 is 3.38. The smallest absolute Gasteiger partial charge is 0.244 e. The molecule has 3 nitrogen and oxygen atoms in total. The van der Waals surface area contributed by atoms with Crippen molar-refractivity contribution < 1.29 is 9.53 Å². The van der Waals surface area contributed by atoms with Gasteiger partial charge in [0.1, 0.15) is 5.75 Å². The van der Waals surface area contributed by atoms with Crippen molar-refractivity contribution in [2.45, 2.75) is 19.9 Å². The number of carbonyl (C=O) groups excluding carboxylic acids is 1. The van der Waals surface area contributed by atoms with Crippen LogP contribution in [0.15, 0.2) is 28.7 Å². The molecule has 0 aliphatic carbocycles. The highest BCUT2D eigenvalue weighted by atomic mass is 79.9. The molecular formula is C13H16BrNO2. The van der Waals surface area contributed by atoms with E-state index < -0.39 is 0 Å². The van der Waals surface area contributed by atoms with Crippen LogP contribution >= 0.6 is 15.9 Å². The number of methoxy groups -OCH3 is 1. The molecule has 0 aromatic heterocycles. The van der Waals surface area contributed by atoms with Crippen molar-refractivity contribution in [1.29, 1.82) is 0 Å². The molecule has 1 aromatic rings. The number of ether oxygens (including phenoxy) is 1. The topological polar surface area (TPSA) is 38.3 Å². The Balaban J connectivity index is 2.83. The fourth-order valence-electron chi connectivity index (χ4n) is 1.33. The van der Waals surface area contributed by atoms with Gasteiger partial charge in [-0.3, -0.25) is 4.79 Å². The van der Waals surface area contributed by atoms with Crippen LogP contribution in [0.25, 0.3) is 6.08 Å². The number of rotatable bonds is 4. The minimum Gasteiger partial charge on any atom is -0.496 e. The van der Waals surface area contributed by atoms with Crippen LogP contribution in [0.1, 0.15) is 19.4 Å². The molecule has 0 saturated carbocycles. The Labute approximate surface area is 110 Å². The van der Waals surface area contributed by atoms with Crippen LogP contribution in [0.3, 0.4) is 0 Å². The second-order valence-corrected chi connectivity index (χ2v) is 4.80. The van der Waals surface area contributed by atoms with Gasteiger partial charge in [-0.25, -0.2) is 0 Å². The zero-order chi connectivity index (χ0) is 12.8. The maximum Gasteiger partial charge on any atom is 0.244 e. The largest absolute Gasteiger partial charge is 0.496 e. The van der Waals surface area contributed by atoms with E-state index in [4.69, 9.17) is 4.74 Å². The van der Waals surface area contributed by atoms with E-state index in [9.17, 15) is 4.79 Å². The maximum absolute atomic E-state index is 11.5. The van der Waals surface area contributed by atoms with Crippen molar-refractivity contribution in [3.63, 3.8) is 0 Å². The molecule has 17 heavy (non-hydrogen) atoms. The molecule has 0 aliphatic rings. The molecule has 92 valence electrons. The van der Waals surface area contributed by atoms with Crippen molar-refractivity contribution in [2.75, 3.05) is 7.11 Å². The lowest BCUT2D eigenvalue weighted by Crippen LogP contribution is -2.28. The van der Waals surface area contributed by atoms with E-state index in [0.29, 0.717) is 0 Å². The van der Waals surface area contributed by atoms with Gasteiger partial charge >= 0.3 is 0 Å². The van der Waals surface area contributed by atoms with E-state index in [2.05, 4.69) is 21.2 Å². The van der Waals surface area contributed by atoms with Gasteiger partial charge in [-0.1, -0.05) is 15.9 Å². The molecule has 1 amide bonds. The Morgan fingerprint density at radius 1 is 1.47 bits per heavy atom. The molecule has 0 fully saturated rings. The molecule has 1 N–H and O–H groups in total. The van der Waals surface area contributed by atoms with Crippen LogP contribution < -0.4 is 10.1 Å². The number of nitrogens with one attached hydrogen (secondary N) is 1. The Bertz CT molecular complexity index is 427. The van der Waals surface area contributed by atoms with Crippen LogP contribution in [0, 0.1) is 0 Å². The molecule has 0 radical (unpaired) electrons. The molecule has 0 spiro atoms. The lowest BCUT2D eigenvalue weighted by atomic mass is 10.2. The third kappa shape index (κ3) is 4.61. The number of hydrogen-bond donors (Lipinski definition) is 1. The average Bonchev–Trinajstić information content (AvgIpc) is 2.25. The van der Waals surface area contributed by atoms with Crippen molar-refractivity contribution in [2.24, 2.45) is 0 Å². The highest BCUT2D eigenvalue weighted by molar-refractivity contribution is 9.10. The highest BCUT2D eigenvalue weighted by Crippen LogP contribution is 2.23. The predicted molar refractivity (Wildman–Crippen MR) is 73.0 cm³/mol. The Hall–Kier alpha value is -1.29. The van der Waals surface area contributed by atoms with Gasteiger partial charge in [-0.2, -0.15) is 0 Å². The van der Waals surface area contributed by atoms with E-state index >= 15 is 0 Å². The van der Waals surface area contributed by atoms with E-state index in [-0.39, 0.29) is 11.9 Å². The minimum absolute atomic E-state index is 0.109. The average molecular weight is 298 g/mol. The van der Waals surface area contributed by atoms with Gasteiger partial charge in [-0.15, -0.1) is 0 Å². The first kappa shape index (κ1) is 13.8. The summed E-state index contributed by atoms with van der Waals surface area (Å²) in [4.78, 5) is 11.5. The Morgan fingerprint density at radius 2 is 2.18 bits per heavy atom. The van der Waals surface area contributed by atoms with Gasteiger partial charge in [0.25, 0.3) is 0 Å². The van der Waals surface area contributed by atoms with Crippen LogP contribution in [-0.4, -0.2) is 19.1 Å². The quantitative estimate of drug-likeness (QED) is 0.868. The zero-order valence-electron chi connectivity index (χ0n) is 10.2. The molecule has 0 saturated heterocycles. The van der Waals surface area contributed by atoms with Crippen molar-refractivity contribution in [1.82, 2.24) is 5.32 Å². The fraction of sp³-hybridized carbons (Fsp3) is 0.308. The lowest BCUT2D eigenvalue weighted by Gasteiger charge is -2.06. The molecule has 0 unspecified atom stereocenters. The Morgan fingerprint density at radius 3 is 2.76 bits per heavy atom. The number of hydrogen-bond acceptors (Lipinski definition) is 2. The van der Waals surface area contributed by atoms with Crippen LogP contribution in [0.4, 0.5) is 0 Å². The van der Waals surface area contributed by atoms with E-state index in [1.54, 1.807) is 13.2 Å². The third-order valence-corrected chi connectivity index (χ3v) is 2.53. The summed E-state index contributed by atoms with van der Waals surface area (Å²) in [5.41, 5.74) is 0.862. The van der Waals surface area contributed by atoms with Crippen molar-refractivity contribution >= 4 is 27.9 Å². The number of carbonyl (C=O) groups is 1. The second kappa shape index (κ2) is 6.45. The van der Waals surface area contributed by atoms with Crippen LogP contribution in [-0.2, 0) is 4.79 Å². The minimum atomic E-state index is -0.109. The van der Waals surface area contributed by atoms with E-state index in [1.165, 1.54) is 6.08 Å². The first-order valence-corrected chi connectivity index (χ1v) is 6.14. The molecule has 0 aliphatic heterocycles. The summed E-state index contributed by atoms with van der Waals surface area (Å²) in [6.07, 6.45) is 3.24. The predicted octanol–water partition coefficient (Wildman–Crippen LogP) is 3.00. The molecule has 1 rings (SSSR count). The number of amides is 1. The van der Waals surface area contributed by atoms with Gasteiger partial charge < -0.3 is 10.1 Å². The van der Waals surface area contributed by atoms with Crippen LogP contribution in [0.5, 0.6) is 5.75 Å².